The molecule has 0 aliphatic heterocycles. The van der Waals surface area contributed by atoms with E-state index in [2.05, 4.69) is 86.1 Å². The Morgan fingerprint density at radius 3 is 1.27 bits per heavy atom. The summed E-state index contributed by atoms with van der Waals surface area (Å²) >= 11 is -2.61. The van der Waals surface area contributed by atoms with Crippen LogP contribution >= 0.6 is 0 Å². The van der Waals surface area contributed by atoms with Crippen LogP contribution in [-0.2, 0) is 0 Å². The summed E-state index contributed by atoms with van der Waals surface area (Å²) in [6.07, 6.45) is 10.0. The maximum absolute atomic E-state index is 6.13. The molecule has 0 radical (unpaired) electrons. The number of hydrogen-bond acceptors (Lipinski definition) is 2. The molecular formula is C30H48O2Sn. The number of rotatable bonds is 16. The predicted octanol–water partition coefficient (Wildman–Crippen LogP) is 7.70. The molecule has 2 rings (SSSR count). The summed E-state index contributed by atoms with van der Waals surface area (Å²) in [5.41, 5.74) is 0. The van der Waals surface area contributed by atoms with Crippen molar-refractivity contribution in [2.24, 2.45) is 11.8 Å². The fourth-order valence-electron chi connectivity index (χ4n) is 4.33. The molecule has 0 amide bonds. The molecule has 33 heavy (non-hydrogen) atoms. The summed E-state index contributed by atoms with van der Waals surface area (Å²) in [6.45, 7) is 10.7. The molecule has 0 bridgehead atoms. The number of unbranched alkanes of at least 4 members (excludes halogenated alkanes) is 2. The van der Waals surface area contributed by atoms with Crippen LogP contribution in [0, 0.1) is 11.8 Å². The first-order chi connectivity index (χ1) is 15.9. The molecule has 0 saturated carbocycles. The van der Waals surface area contributed by atoms with E-state index in [1.54, 1.807) is 0 Å². The van der Waals surface area contributed by atoms with Gasteiger partial charge in [0.15, 0.2) is 0 Å². The van der Waals surface area contributed by atoms with Crippen LogP contribution in [0.3, 0.4) is 0 Å². The standard InChI is InChI=1S/2C14H21O.2CH3.Sn/c2*1-3-5-9-13(4-2)12-15-14-10-7-6-8-11-14;;;/h2*7-8,10-11,13H,3-5,9,12H2,1-2H3;2*1H3;. The summed E-state index contributed by atoms with van der Waals surface area (Å²) in [4.78, 5) is 4.99. The van der Waals surface area contributed by atoms with E-state index in [4.69, 9.17) is 9.47 Å². The first-order valence-corrected chi connectivity index (χ1v) is 22.0. The fraction of sp³-hybridized carbons (Fsp3) is 0.600. The third-order valence-corrected chi connectivity index (χ3v) is 17.4. The van der Waals surface area contributed by atoms with Gasteiger partial charge in [-0.1, -0.05) is 0 Å². The third kappa shape index (κ3) is 9.19. The van der Waals surface area contributed by atoms with Crippen LogP contribution in [-0.4, -0.2) is 31.6 Å². The minimum atomic E-state index is -2.61. The second-order valence-electron chi connectivity index (χ2n) is 10.1. The van der Waals surface area contributed by atoms with E-state index in [0.29, 0.717) is 11.8 Å². The fourth-order valence-corrected chi connectivity index (χ4v) is 11.0. The Hall–Kier alpha value is -1.16. The van der Waals surface area contributed by atoms with Crippen LogP contribution in [0.5, 0.6) is 11.5 Å². The van der Waals surface area contributed by atoms with Gasteiger partial charge in [0.05, 0.1) is 0 Å². The van der Waals surface area contributed by atoms with Crippen LogP contribution in [0.1, 0.15) is 79.1 Å². The van der Waals surface area contributed by atoms with Crippen LogP contribution in [0.25, 0.3) is 0 Å². The van der Waals surface area contributed by atoms with Crippen LogP contribution in [0.15, 0.2) is 48.5 Å². The zero-order valence-electron chi connectivity index (χ0n) is 22.2. The summed E-state index contributed by atoms with van der Waals surface area (Å²) in [5, 5.41) is 0. The summed E-state index contributed by atoms with van der Waals surface area (Å²) in [7, 11) is 0. The van der Waals surface area contributed by atoms with Crippen molar-refractivity contribution >= 4 is 25.5 Å². The van der Waals surface area contributed by atoms with E-state index in [1.807, 2.05) is 0 Å². The zero-order valence-corrected chi connectivity index (χ0v) is 25.0. The van der Waals surface area contributed by atoms with Gasteiger partial charge >= 0.3 is 209 Å². The molecule has 0 N–H and O–H groups in total. The Kier molecular flexibility index (Phi) is 12.7. The monoisotopic (exact) mass is 560 g/mol. The Balaban J connectivity index is 1.95. The summed E-state index contributed by atoms with van der Waals surface area (Å²) in [5.74, 6) is 3.35. The normalized spacial score (nSPS) is 13.5. The molecular weight excluding hydrogens is 511 g/mol. The second-order valence-corrected chi connectivity index (χ2v) is 22.7. The number of hydrogen-bond donors (Lipinski definition) is 0. The van der Waals surface area contributed by atoms with E-state index in [9.17, 15) is 0 Å². The van der Waals surface area contributed by atoms with Crippen LogP contribution in [0.4, 0.5) is 0 Å². The molecule has 0 aromatic heterocycles. The first-order valence-electron chi connectivity index (χ1n) is 13.4. The number of benzene rings is 2. The van der Waals surface area contributed by atoms with Crippen molar-refractivity contribution in [1.29, 1.82) is 0 Å². The van der Waals surface area contributed by atoms with Crippen LogP contribution < -0.4 is 16.6 Å². The maximum atomic E-state index is 6.13. The molecule has 2 nitrogen and oxygen atoms in total. The topological polar surface area (TPSA) is 18.5 Å². The van der Waals surface area contributed by atoms with E-state index in [0.717, 1.165) is 24.7 Å². The molecule has 0 saturated heterocycles. The van der Waals surface area contributed by atoms with Crippen molar-refractivity contribution in [2.75, 3.05) is 13.2 Å². The molecule has 2 atom stereocenters. The third-order valence-electron chi connectivity index (χ3n) is 7.21. The van der Waals surface area contributed by atoms with E-state index in [1.165, 1.54) is 58.5 Å². The molecule has 0 aliphatic carbocycles. The molecule has 0 fully saturated rings. The molecule has 2 aromatic rings. The van der Waals surface area contributed by atoms with Crippen molar-refractivity contribution < 1.29 is 9.47 Å². The number of ether oxygens (including phenoxy) is 2. The Bertz CT molecular complexity index is 701. The molecule has 0 spiro atoms. The SMILES string of the molecule is CCCCC(CC)COc1cc[c]([Sn]([CH3])([CH3])[c]2ccc(OCC(CC)CCCC)cc2)cc1. The van der Waals surface area contributed by atoms with Gasteiger partial charge in [-0.2, -0.15) is 0 Å². The van der Waals surface area contributed by atoms with E-state index in [-0.39, 0.29) is 0 Å². The molecule has 0 heterocycles. The van der Waals surface area contributed by atoms with Gasteiger partial charge in [0.1, 0.15) is 0 Å². The predicted molar refractivity (Wildman–Crippen MR) is 147 cm³/mol. The van der Waals surface area contributed by atoms with Crippen molar-refractivity contribution in [3.05, 3.63) is 48.5 Å². The molecule has 184 valence electrons. The average Bonchev–Trinajstić information content (AvgIpc) is 2.85. The van der Waals surface area contributed by atoms with Gasteiger partial charge in [0.2, 0.25) is 0 Å². The van der Waals surface area contributed by atoms with Crippen molar-refractivity contribution in [3.8, 4) is 11.5 Å². The first kappa shape index (κ1) is 28.1. The molecule has 2 unspecified atom stereocenters. The summed E-state index contributed by atoms with van der Waals surface area (Å²) in [6, 6.07) is 18.0. The van der Waals surface area contributed by atoms with E-state index >= 15 is 0 Å². The average molecular weight is 559 g/mol. The van der Waals surface area contributed by atoms with Gasteiger partial charge in [-0.25, -0.2) is 0 Å². The Morgan fingerprint density at radius 1 is 0.606 bits per heavy atom. The molecule has 3 heteroatoms. The van der Waals surface area contributed by atoms with Crippen molar-refractivity contribution in [1.82, 2.24) is 0 Å². The van der Waals surface area contributed by atoms with E-state index < -0.39 is 18.4 Å². The van der Waals surface area contributed by atoms with Gasteiger partial charge in [0.25, 0.3) is 0 Å². The molecule has 2 aromatic carbocycles. The Labute approximate surface area is 208 Å². The van der Waals surface area contributed by atoms with Gasteiger partial charge in [-0.05, 0) is 0 Å². The van der Waals surface area contributed by atoms with Crippen molar-refractivity contribution in [3.63, 3.8) is 0 Å². The zero-order chi connectivity index (χ0) is 24.1. The van der Waals surface area contributed by atoms with Gasteiger partial charge in [-0.15, -0.1) is 0 Å². The quantitative estimate of drug-likeness (QED) is 0.196. The minimum absolute atomic E-state index is 0.667. The van der Waals surface area contributed by atoms with Gasteiger partial charge in [0, 0.05) is 0 Å². The van der Waals surface area contributed by atoms with Crippen molar-refractivity contribution in [2.45, 2.75) is 88.9 Å². The van der Waals surface area contributed by atoms with Gasteiger partial charge < -0.3 is 0 Å². The molecule has 0 aliphatic rings. The van der Waals surface area contributed by atoms with Gasteiger partial charge in [-0.3, -0.25) is 0 Å². The second kappa shape index (κ2) is 15.0. The van der Waals surface area contributed by atoms with Crippen LogP contribution in [0.2, 0.25) is 9.88 Å². The Morgan fingerprint density at radius 2 is 0.970 bits per heavy atom. The summed E-state index contributed by atoms with van der Waals surface area (Å²) < 4.78 is 15.3.